The summed E-state index contributed by atoms with van der Waals surface area (Å²) >= 11 is 1.04. The molecule has 1 unspecified atom stereocenters. The van der Waals surface area contributed by atoms with Crippen molar-refractivity contribution in [1.29, 1.82) is 0 Å². The summed E-state index contributed by atoms with van der Waals surface area (Å²) in [6.07, 6.45) is 4.66. The first-order valence-corrected chi connectivity index (χ1v) is 11.0. The zero-order valence-electron chi connectivity index (χ0n) is 14.7. The number of nitrogens with zero attached hydrogens (tertiary/aromatic N) is 1. The van der Waals surface area contributed by atoms with Crippen molar-refractivity contribution in [2.45, 2.75) is 49.2 Å². The zero-order valence-corrected chi connectivity index (χ0v) is 16.3. The molecular formula is C17H21F3N2O3S2. The minimum absolute atomic E-state index is 0.0111. The molecule has 0 bridgehead atoms. The molecule has 10 heteroatoms. The number of sulfonamides is 1. The number of hydrogen-bond donors (Lipinski definition) is 1. The summed E-state index contributed by atoms with van der Waals surface area (Å²) in [5, 5.41) is 1.72. The zero-order chi connectivity index (χ0) is 19.7. The van der Waals surface area contributed by atoms with Crippen LogP contribution in [0.1, 0.15) is 37.7 Å². The van der Waals surface area contributed by atoms with E-state index in [0.717, 1.165) is 55.1 Å². The van der Waals surface area contributed by atoms with Crippen LogP contribution in [0.25, 0.3) is 5.70 Å². The molecule has 1 heterocycles. The van der Waals surface area contributed by atoms with Crippen molar-refractivity contribution in [3.63, 3.8) is 0 Å². The number of methoxy groups -OCH3 is 1. The van der Waals surface area contributed by atoms with Gasteiger partial charge in [-0.25, -0.2) is 8.42 Å². The van der Waals surface area contributed by atoms with Crippen molar-refractivity contribution in [2.24, 2.45) is 0 Å². The third-order valence-corrected chi connectivity index (χ3v) is 7.01. The quantitative estimate of drug-likeness (QED) is 0.774. The molecule has 1 aliphatic carbocycles. The average Bonchev–Trinajstić information content (AvgIpc) is 3.04. The van der Waals surface area contributed by atoms with Gasteiger partial charge >= 0.3 is 15.5 Å². The Labute approximate surface area is 161 Å². The minimum Gasteiger partial charge on any atom is -0.497 e. The van der Waals surface area contributed by atoms with Crippen LogP contribution in [0.4, 0.5) is 13.2 Å². The molecule has 0 saturated heterocycles. The van der Waals surface area contributed by atoms with E-state index in [2.05, 4.69) is 0 Å². The molecule has 0 radical (unpaired) electrons. The maximum atomic E-state index is 12.9. The van der Waals surface area contributed by atoms with Gasteiger partial charge in [0.2, 0.25) is 0 Å². The Morgan fingerprint density at radius 1 is 1.15 bits per heavy atom. The van der Waals surface area contributed by atoms with E-state index >= 15 is 0 Å². The first-order chi connectivity index (χ1) is 12.7. The average molecular weight is 422 g/mol. The fourth-order valence-corrected chi connectivity index (χ4v) is 5.44. The molecule has 1 saturated carbocycles. The van der Waals surface area contributed by atoms with Crippen LogP contribution in [0.2, 0.25) is 0 Å². The summed E-state index contributed by atoms with van der Waals surface area (Å²) in [5.41, 5.74) is -4.82. The van der Waals surface area contributed by atoms with Gasteiger partial charge in [0.15, 0.2) is 0 Å². The molecule has 1 aromatic rings. The monoisotopic (exact) mass is 422 g/mol. The molecule has 5 nitrogen and oxygen atoms in total. The molecule has 1 aliphatic heterocycles. The number of alkyl halides is 3. The molecule has 0 spiro atoms. The van der Waals surface area contributed by atoms with Crippen molar-refractivity contribution in [1.82, 2.24) is 9.62 Å². The lowest BCUT2D eigenvalue weighted by molar-refractivity contribution is -0.0452. The number of rotatable bonds is 5. The lowest BCUT2D eigenvalue weighted by Crippen LogP contribution is -2.50. The largest absolute Gasteiger partial charge is 0.511 e. The van der Waals surface area contributed by atoms with Crippen molar-refractivity contribution >= 4 is 27.5 Å². The third-order valence-electron chi connectivity index (χ3n) is 4.75. The molecule has 0 amide bonds. The summed E-state index contributed by atoms with van der Waals surface area (Å²) in [4.78, 5) is 1.79. The molecule has 1 aromatic carbocycles. The van der Waals surface area contributed by atoms with Gasteiger partial charge in [0, 0.05) is 6.04 Å². The molecular weight excluding hydrogens is 401 g/mol. The van der Waals surface area contributed by atoms with Gasteiger partial charge in [0.05, 0.1) is 12.8 Å². The predicted octanol–water partition coefficient (Wildman–Crippen LogP) is 4.10. The van der Waals surface area contributed by atoms with Gasteiger partial charge in [-0.1, -0.05) is 31.0 Å². The third kappa shape index (κ3) is 4.38. The lowest BCUT2D eigenvalue weighted by Gasteiger charge is -2.39. The van der Waals surface area contributed by atoms with E-state index in [4.69, 9.17) is 4.74 Å². The van der Waals surface area contributed by atoms with Gasteiger partial charge in [-0.2, -0.15) is 17.9 Å². The second kappa shape index (κ2) is 7.92. The van der Waals surface area contributed by atoms with E-state index in [1.165, 1.54) is 0 Å². The maximum absolute atomic E-state index is 12.9. The molecule has 3 rings (SSSR count). The van der Waals surface area contributed by atoms with Gasteiger partial charge < -0.3 is 9.64 Å². The highest BCUT2D eigenvalue weighted by atomic mass is 32.2. The molecule has 27 heavy (non-hydrogen) atoms. The second-order valence-corrected chi connectivity index (χ2v) is 9.15. The number of halogens is 3. The summed E-state index contributed by atoms with van der Waals surface area (Å²) in [6.45, 7) is 0. The summed E-state index contributed by atoms with van der Waals surface area (Å²) in [6, 6.07) is 7.17. The molecule has 1 fully saturated rings. The van der Waals surface area contributed by atoms with Crippen molar-refractivity contribution < 1.29 is 26.3 Å². The Morgan fingerprint density at radius 2 is 1.78 bits per heavy atom. The van der Waals surface area contributed by atoms with E-state index in [1.807, 2.05) is 16.9 Å². The maximum Gasteiger partial charge on any atom is 0.511 e. The number of benzene rings is 1. The van der Waals surface area contributed by atoms with E-state index < -0.39 is 21.0 Å². The first kappa shape index (κ1) is 20.3. The predicted molar refractivity (Wildman–Crippen MR) is 99.2 cm³/mol. The second-order valence-electron chi connectivity index (χ2n) is 6.49. The summed E-state index contributed by atoms with van der Waals surface area (Å²) in [7, 11) is -3.88. The Kier molecular flexibility index (Phi) is 5.97. The number of nitrogens with one attached hydrogen (secondary N) is 1. The molecule has 2 aliphatic rings. The van der Waals surface area contributed by atoms with Gasteiger partial charge in [0.25, 0.3) is 0 Å². The summed E-state index contributed by atoms with van der Waals surface area (Å²) < 4.78 is 68.8. The van der Waals surface area contributed by atoms with E-state index in [-0.39, 0.29) is 6.04 Å². The normalized spacial score (nSPS) is 22.0. The van der Waals surface area contributed by atoms with Crippen LogP contribution in [0, 0.1) is 0 Å². The SMILES string of the molecule is COc1ccc(C2=CSC(NS(=O)(=O)C(F)(F)F)N2C2CCCCC2)cc1. The Morgan fingerprint density at radius 3 is 2.33 bits per heavy atom. The smallest absolute Gasteiger partial charge is 0.497 e. The lowest BCUT2D eigenvalue weighted by atomic mass is 9.93. The van der Waals surface area contributed by atoms with E-state index in [9.17, 15) is 21.6 Å². The van der Waals surface area contributed by atoms with Crippen LogP contribution >= 0.6 is 11.8 Å². The van der Waals surface area contributed by atoms with Gasteiger partial charge in [-0.15, -0.1) is 0 Å². The van der Waals surface area contributed by atoms with Crippen molar-refractivity contribution in [3.8, 4) is 5.75 Å². The minimum atomic E-state index is -5.43. The van der Waals surface area contributed by atoms with Gasteiger partial charge in [-0.3, -0.25) is 0 Å². The standard InChI is InChI=1S/C17H21F3N2O3S2/c1-25-14-9-7-12(8-10-14)15-11-26-16(21-27(23,24)17(18,19)20)22(15)13-5-3-2-4-6-13/h7-11,13,16,21H,2-6H2,1H3. The number of ether oxygens (including phenoxy) is 1. The highest BCUT2D eigenvalue weighted by Crippen LogP contribution is 2.41. The van der Waals surface area contributed by atoms with Crippen molar-refractivity contribution in [3.05, 3.63) is 35.2 Å². The Hall–Kier alpha value is -1.39. The van der Waals surface area contributed by atoms with E-state index in [1.54, 1.807) is 29.6 Å². The topological polar surface area (TPSA) is 58.6 Å². The van der Waals surface area contributed by atoms with Gasteiger partial charge in [-0.05, 0) is 48.1 Å². The van der Waals surface area contributed by atoms with Crippen LogP contribution in [-0.4, -0.2) is 37.5 Å². The van der Waals surface area contributed by atoms with Crippen LogP contribution in [-0.2, 0) is 10.0 Å². The van der Waals surface area contributed by atoms with Crippen LogP contribution in [0.15, 0.2) is 29.7 Å². The summed E-state index contributed by atoms with van der Waals surface area (Å²) in [5.74, 6) is 0.670. The Balaban J connectivity index is 1.89. The first-order valence-electron chi connectivity index (χ1n) is 8.60. The molecule has 1 N–H and O–H groups in total. The fourth-order valence-electron chi connectivity index (χ4n) is 3.39. The van der Waals surface area contributed by atoms with Gasteiger partial charge in [0.1, 0.15) is 11.2 Å². The van der Waals surface area contributed by atoms with Crippen molar-refractivity contribution in [2.75, 3.05) is 7.11 Å². The fraction of sp³-hybridized carbons (Fsp3) is 0.529. The van der Waals surface area contributed by atoms with Crippen LogP contribution in [0.3, 0.4) is 0 Å². The van der Waals surface area contributed by atoms with Crippen LogP contribution in [0.5, 0.6) is 5.75 Å². The highest BCUT2D eigenvalue weighted by Gasteiger charge is 2.49. The van der Waals surface area contributed by atoms with Crippen LogP contribution < -0.4 is 9.46 Å². The Bertz CT molecular complexity index is 789. The van der Waals surface area contributed by atoms with E-state index in [0.29, 0.717) is 5.75 Å². The molecule has 1 atom stereocenters. The highest BCUT2D eigenvalue weighted by molar-refractivity contribution is 8.03. The molecule has 150 valence electrons. The molecule has 0 aromatic heterocycles. The number of hydrogen-bond acceptors (Lipinski definition) is 5. The number of thioether (sulfide) groups is 1.